The van der Waals surface area contributed by atoms with Crippen LogP contribution in [0, 0.1) is 0 Å². The quantitative estimate of drug-likeness (QED) is 0.825. The molecule has 9 heteroatoms. The smallest absolute Gasteiger partial charge is 0.342 e. The lowest BCUT2D eigenvalue weighted by molar-refractivity contribution is -0.141. The molecule has 21 heavy (non-hydrogen) atoms. The number of alkyl halides is 3. The number of pyridine rings is 1. The Hall–Kier alpha value is -1.64. The van der Waals surface area contributed by atoms with Crippen LogP contribution in [0.15, 0.2) is 18.3 Å². The van der Waals surface area contributed by atoms with Crippen molar-refractivity contribution in [2.24, 2.45) is 0 Å². The first-order chi connectivity index (χ1) is 9.52. The predicted octanol–water partition coefficient (Wildman–Crippen LogP) is 1.61. The van der Waals surface area contributed by atoms with Crippen LogP contribution in [0.5, 0.6) is 0 Å². The van der Waals surface area contributed by atoms with E-state index < -0.39 is 33.2 Å². The minimum atomic E-state index is -4.72. The average Bonchev–Trinajstić information content (AvgIpc) is 2.35. The lowest BCUT2D eigenvalue weighted by Gasteiger charge is -2.19. The topological polar surface area (TPSA) is 67.3 Å². The molecule has 0 N–H and O–H groups in total. The third-order valence-electron chi connectivity index (χ3n) is 2.66. The van der Waals surface area contributed by atoms with Crippen LogP contribution in [0.25, 0.3) is 0 Å². The summed E-state index contributed by atoms with van der Waals surface area (Å²) >= 11 is 0. The summed E-state index contributed by atoms with van der Waals surface area (Å²) in [5, 5.41) is 0. The van der Waals surface area contributed by atoms with Gasteiger partial charge in [0.05, 0.1) is 11.3 Å². The number of amides is 1. The molecule has 0 bridgehead atoms. The normalized spacial score (nSPS) is 12.2. The van der Waals surface area contributed by atoms with E-state index in [1.165, 1.54) is 13.1 Å². The molecule has 0 spiro atoms. The summed E-state index contributed by atoms with van der Waals surface area (Å²) < 4.78 is 60.3. The molecule has 0 aliphatic rings. The number of sulfone groups is 1. The van der Waals surface area contributed by atoms with Crippen molar-refractivity contribution < 1.29 is 26.4 Å². The Balaban J connectivity index is 2.84. The van der Waals surface area contributed by atoms with Crippen molar-refractivity contribution in [3.63, 3.8) is 0 Å². The number of hydrogen-bond acceptors (Lipinski definition) is 4. The number of hydrogen-bond donors (Lipinski definition) is 0. The van der Waals surface area contributed by atoms with Crippen molar-refractivity contribution in [2.75, 3.05) is 25.6 Å². The Morgan fingerprint density at radius 2 is 2.00 bits per heavy atom. The highest BCUT2D eigenvalue weighted by molar-refractivity contribution is 7.90. The molecule has 1 rings (SSSR count). The van der Waals surface area contributed by atoms with Gasteiger partial charge in [0.25, 0.3) is 5.91 Å². The van der Waals surface area contributed by atoms with Gasteiger partial charge in [0.2, 0.25) is 0 Å². The van der Waals surface area contributed by atoms with Gasteiger partial charge >= 0.3 is 6.18 Å². The van der Waals surface area contributed by atoms with E-state index in [0.29, 0.717) is 0 Å². The molecule has 1 amide bonds. The van der Waals surface area contributed by atoms with Gasteiger partial charge in [0.15, 0.2) is 5.69 Å². The molecule has 1 aromatic heterocycles. The third-order valence-corrected chi connectivity index (χ3v) is 3.69. The Kier molecular flexibility index (Phi) is 5.32. The minimum absolute atomic E-state index is 0.0398. The summed E-state index contributed by atoms with van der Waals surface area (Å²) in [5.41, 5.74) is -1.79. The zero-order chi connectivity index (χ0) is 16.3. The highest BCUT2D eigenvalue weighted by atomic mass is 32.2. The summed E-state index contributed by atoms with van der Waals surface area (Å²) in [5.74, 6) is -0.979. The molecule has 0 saturated carbocycles. The van der Waals surface area contributed by atoms with Crippen LogP contribution in [0.2, 0.25) is 0 Å². The maximum atomic E-state index is 12.8. The van der Waals surface area contributed by atoms with Crippen molar-refractivity contribution >= 4 is 15.7 Å². The van der Waals surface area contributed by atoms with Crippen molar-refractivity contribution in [2.45, 2.75) is 12.6 Å². The highest BCUT2D eigenvalue weighted by Gasteiger charge is 2.37. The molecule has 0 aliphatic carbocycles. The van der Waals surface area contributed by atoms with E-state index in [4.69, 9.17) is 0 Å². The van der Waals surface area contributed by atoms with Crippen LogP contribution in [0.4, 0.5) is 13.2 Å². The fraction of sp³-hybridized carbons (Fsp3) is 0.500. The highest BCUT2D eigenvalue weighted by Crippen LogP contribution is 2.30. The number of aromatic nitrogens is 1. The molecule has 0 aliphatic heterocycles. The second kappa shape index (κ2) is 6.42. The number of carbonyl (C=O) groups is 1. The van der Waals surface area contributed by atoms with E-state index in [2.05, 4.69) is 4.98 Å². The van der Waals surface area contributed by atoms with Gasteiger partial charge < -0.3 is 4.90 Å². The molecule has 0 fully saturated rings. The Morgan fingerprint density at radius 3 is 2.52 bits per heavy atom. The van der Waals surface area contributed by atoms with Crippen molar-refractivity contribution in [3.8, 4) is 0 Å². The van der Waals surface area contributed by atoms with Crippen LogP contribution in [-0.2, 0) is 16.0 Å². The molecule has 5 nitrogen and oxygen atoms in total. The van der Waals surface area contributed by atoms with Gasteiger partial charge in [-0.3, -0.25) is 9.78 Å². The third kappa shape index (κ3) is 5.33. The first-order valence-corrected chi connectivity index (χ1v) is 8.04. The van der Waals surface area contributed by atoms with Crippen LogP contribution in [-0.4, -0.2) is 49.8 Å². The average molecular weight is 324 g/mol. The van der Waals surface area contributed by atoms with Crippen LogP contribution >= 0.6 is 0 Å². The van der Waals surface area contributed by atoms with E-state index in [0.717, 1.165) is 23.4 Å². The number of nitrogens with zero attached hydrogens (tertiary/aromatic N) is 2. The maximum Gasteiger partial charge on any atom is 0.434 e. The summed E-state index contributed by atoms with van der Waals surface area (Å²) in [7, 11) is -1.85. The summed E-state index contributed by atoms with van der Waals surface area (Å²) in [4.78, 5) is 16.3. The molecular weight excluding hydrogens is 309 g/mol. The summed E-state index contributed by atoms with van der Waals surface area (Å²) in [6, 6.07) is 2.29. The van der Waals surface area contributed by atoms with E-state index in [1.807, 2.05) is 0 Å². The van der Waals surface area contributed by atoms with Crippen LogP contribution < -0.4 is 0 Å². The Labute approximate surface area is 120 Å². The summed E-state index contributed by atoms with van der Waals surface area (Å²) in [6.07, 6.45) is -2.55. The first-order valence-electron chi connectivity index (χ1n) is 5.98. The summed E-state index contributed by atoms with van der Waals surface area (Å²) in [6.45, 7) is 0.0398. The number of carbonyl (C=O) groups excluding carboxylic acids is 1. The van der Waals surface area contributed by atoms with Crippen LogP contribution in [0.3, 0.4) is 0 Å². The number of rotatable bonds is 5. The number of halogens is 3. The predicted molar refractivity (Wildman–Crippen MR) is 70.5 cm³/mol. The molecule has 118 valence electrons. The standard InChI is InChI=1S/C12H15F3N2O3S/c1-17(7-4-8-21(2,19)20)11(18)9-5-3-6-16-10(9)12(13,14)15/h3,5-6H,4,7-8H2,1-2H3. The van der Waals surface area contributed by atoms with Crippen LogP contribution in [0.1, 0.15) is 22.5 Å². The lowest BCUT2D eigenvalue weighted by atomic mass is 10.1. The van der Waals surface area contributed by atoms with Gasteiger partial charge in [0.1, 0.15) is 9.84 Å². The Morgan fingerprint density at radius 1 is 1.38 bits per heavy atom. The van der Waals surface area contributed by atoms with Crippen molar-refractivity contribution in [1.29, 1.82) is 0 Å². The molecule has 0 unspecified atom stereocenters. The molecule has 0 aromatic carbocycles. The molecule has 1 aromatic rings. The largest absolute Gasteiger partial charge is 0.434 e. The molecular formula is C12H15F3N2O3S. The van der Waals surface area contributed by atoms with Crippen molar-refractivity contribution in [3.05, 3.63) is 29.6 Å². The van der Waals surface area contributed by atoms with Gasteiger partial charge in [-0.15, -0.1) is 0 Å². The lowest BCUT2D eigenvalue weighted by Crippen LogP contribution is -2.31. The second-order valence-corrected chi connectivity index (χ2v) is 6.87. The van der Waals surface area contributed by atoms with Gasteiger partial charge in [-0.25, -0.2) is 8.42 Å². The van der Waals surface area contributed by atoms with E-state index >= 15 is 0 Å². The van der Waals surface area contributed by atoms with Gasteiger partial charge in [0, 0.05) is 26.0 Å². The molecule has 0 radical (unpaired) electrons. The fourth-order valence-corrected chi connectivity index (χ4v) is 2.33. The fourth-order valence-electron chi connectivity index (χ4n) is 1.67. The zero-order valence-corrected chi connectivity index (χ0v) is 12.3. The van der Waals surface area contributed by atoms with Crippen molar-refractivity contribution in [1.82, 2.24) is 9.88 Å². The first kappa shape index (κ1) is 17.4. The second-order valence-electron chi connectivity index (χ2n) is 4.61. The van der Waals surface area contributed by atoms with E-state index in [-0.39, 0.29) is 18.7 Å². The monoisotopic (exact) mass is 324 g/mol. The minimum Gasteiger partial charge on any atom is -0.342 e. The molecule has 0 saturated heterocycles. The van der Waals surface area contributed by atoms with Gasteiger partial charge in [-0.1, -0.05) is 0 Å². The van der Waals surface area contributed by atoms with E-state index in [1.54, 1.807) is 0 Å². The molecule has 0 atom stereocenters. The zero-order valence-electron chi connectivity index (χ0n) is 11.5. The Bertz CT molecular complexity index is 614. The SMILES string of the molecule is CN(CCCS(C)(=O)=O)C(=O)c1cccnc1C(F)(F)F. The molecule has 1 heterocycles. The van der Waals surface area contributed by atoms with Gasteiger partial charge in [-0.05, 0) is 18.6 Å². The maximum absolute atomic E-state index is 12.8. The van der Waals surface area contributed by atoms with Gasteiger partial charge in [-0.2, -0.15) is 13.2 Å². The van der Waals surface area contributed by atoms with E-state index in [9.17, 15) is 26.4 Å².